The van der Waals surface area contributed by atoms with E-state index >= 15 is 0 Å². The van der Waals surface area contributed by atoms with Crippen molar-refractivity contribution in [2.45, 2.75) is 70.5 Å². The molecule has 3 unspecified atom stereocenters. The lowest BCUT2D eigenvalue weighted by Gasteiger charge is -2.47. The van der Waals surface area contributed by atoms with Crippen molar-refractivity contribution in [2.75, 3.05) is 0 Å². The van der Waals surface area contributed by atoms with Gasteiger partial charge in [-0.1, -0.05) is 6.92 Å². The Morgan fingerprint density at radius 2 is 1.95 bits per heavy atom. The maximum absolute atomic E-state index is 12.9. The predicted octanol–water partition coefficient (Wildman–Crippen LogP) is 1.69. The predicted molar refractivity (Wildman–Crippen MR) is 72.4 cm³/mol. The van der Waals surface area contributed by atoms with Crippen LogP contribution in [0.15, 0.2) is 0 Å². The Kier molecular flexibility index (Phi) is 2.88. The molecule has 1 heterocycles. The lowest BCUT2D eigenvalue weighted by molar-refractivity contribution is -0.159. The molecular weight excluding hydrogens is 240 g/mol. The molecule has 0 aromatic rings. The van der Waals surface area contributed by atoms with Crippen LogP contribution in [0.3, 0.4) is 0 Å². The van der Waals surface area contributed by atoms with E-state index in [2.05, 4.69) is 19.2 Å². The maximum Gasteiger partial charge on any atom is 0.249 e. The average molecular weight is 264 g/mol. The molecule has 3 rings (SSSR count). The minimum absolute atomic E-state index is 0.0804. The van der Waals surface area contributed by atoms with E-state index in [1.54, 1.807) is 0 Å². The van der Waals surface area contributed by atoms with Crippen molar-refractivity contribution in [3.05, 3.63) is 0 Å². The highest BCUT2D eigenvalue weighted by Gasteiger charge is 2.58. The second-order valence-electron chi connectivity index (χ2n) is 6.72. The number of hydrogen-bond acceptors (Lipinski definition) is 2. The first kappa shape index (κ1) is 12.9. The Morgan fingerprint density at radius 1 is 1.32 bits per heavy atom. The molecule has 0 aromatic heterocycles. The highest BCUT2D eigenvalue weighted by molar-refractivity contribution is 6.00. The molecule has 1 N–H and O–H groups in total. The van der Waals surface area contributed by atoms with Crippen molar-refractivity contribution in [1.82, 2.24) is 10.2 Å². The van der Waals surface area contributed by atoms with Gasteiger partial charge in [0, 0.05) is 6.04 Å². The summed E-state index contributed by atoms with van der Waals surface area (Å²) in [6.45, 7) is 6.07. The average Bonchev–Trinajstić information content (AvgIpc) is 3.23. The molecule has 0 aromatic carbocycles. The van der Waals surface area contributed by atoms with Gasteiger partial charge in [0.05, 0.1) is 0 Å². The van der Waals surface area contributed by atoms with Crippen LogP contribution in [0.25, 0.3) is 0 Å². The summed E-state index contributed by atoms with van der Waals surface area (Å²) in [5.74, 6) is 0.968. The molecule has 19 heavy (non-hydrogen) atoms. The summed E-state index contributed by atoms with van der Waals surface area (Å²) in [4.78, 5) is 27.3. The van der Waals surface area contributed by atoms with Gasteiger partial charge >= 0.3 is 0 Å². The third kappa shape index (κ3) is 1.96. The van der Waals surface area contributed by atoms with Crippen LogP contribution in [-0.4, -0.2) is 34.3 Å². The van der Waals surface area contributed by atoms with E-state index in [1.807, 2.05) is 11.8 Å². The van der Waals surface area contributed by atoms with Crippen LogP contribution in [0, 0.1) is 11.8 Å². The van der Waals surface area contributed by atoms with E-state index in [9.17, 15) is 9.59 Å². The maximum atomic E-state index is 12.9. The smallest absolute Gasteiger partial charge is 0.249 e. The normalized spacial score (nSPS) is 37.2. The van der Waals surface area contributed by atoms with Gasteiger partial charge < -0.3 is 10.2 Å². The molecule has 1 aliphatic heterocycles. The highest BCUT2D eigenvalue weighted by atomic mass is 16.2. The third-order valence-electron chi connectivity index (χ3n) is 5.16. The van der Waals surface area contributed by atoms with Crippen LogP contribution in [0.4, 0.5) is 0 Å². The number of rotatable bonds is 4. The van der Waals surface area contributed by atoms with E-state index in [-0.39, 0.29) is 23.9 Å². The van der Waals surface area contributed by atoms with Gasteiger partial charge in [0.25, 0.3) is 0 Å². The van der Waals surface area contributed by atoms with Crippen LogP contribution < -0.4 is 5.32 Å². The fraction of sp³-hybridized carbons (Fsp3) is 0.867. The fourth-order valence-corrected chi connectivity index (χ4v) is 3.37. The number of carbonyl (C=O) groups excluding carboxylic acids is 2. The largest absolute Gasteiger partial charge is 0.340 e. The van der Waals surface area contributed by atoms with Gasteiger partial charge in [0.2, 0.25) is 11.8 Å². The highest BCUT2D eigenvalue weighted by Crippen LogP contribution is 2.45. The minimum Gasteiger partial charge on any atom is -0.340 e. The van der Waals surface area contributed by atoms with Crippen LogP contribution in [-0.2, 0) is 9.59 Å². The van der Waals surface area contributed by atoms with Gasteiger partial charge in [-0.15, -0.1) is 0 Å². The van der Waals surface area contributed by atoms with E-state index in [0.717, 1.165) is 32.1 Å². The SMILES string of the molecule is CCC(C)N1C(=O)C(C)(C2CC2)NC(=O)C1C1CC1. The summed E-state index contributed by atoms with van der Waals surface area (Å²) >= 11 is 0. The molecule has 0 bridgehead atoms. The fourth-order valence-electron chi connectivity index (χ4n) is 3.37. The molecule has 1 saturated heterocycles. The summed E-state index contributed by atoms with van der Waals surface area (Å²) < 4.78 is 0. The third-order valence-corrected chi connectivity index (χ3v) is 5.16. The van der Waals surface area contributed by atoms with Crippen molar-refractivity contribution in [1.29, 1.82) is 0 Å². The van der Waals surface area contributed by atoms with Crippen LogP contribution in [0.5, 0.6) is 0 Å². The number of carbonyl (C=O) groups is 2. The zero-order valence-electron chi connectivity index (χ0n) is 12.1. The van der Waals surface area contributed by atoms with Gasteiger partial charge in [-0.25, -0.2) is 0 Å². The number of nitrogens with zero attached hydrogens (tertiary/aromatic N) is 1. The Hall–Kier alpha value is -1.06. The van der Waals surface area contributed by atoms with Gasteiger partial charge in [0.1, 0.15) is 11.6 Å². The summed E-state index contributed by atoms with van der Waals surface area (Å²) in [6.07, 6.45) is 5.19. The zero-order chi connectivity index (χ0) is 13.8. The topological polar surface area (TPSA) is 49.4 Å². The Balaban J connectivity index is 1.92. The first-order valence-corrected chi connectivity index (χ1v) is 7.63. The second kappa shape index (κ2) is 4.22. The molecule has 0 spiro atoms. The van der Waals surface area contributed by atoms with E-state index < -0.39 is 5.54 Å². The molecule has 2 amide bonds. The van der Waals surface area contributed by atoms with Gasteiger partial charge in [-0.05, 0) is 57.8 Å². The number of hydrogen-bond donors (Lipinski definition) is 1. The van der Waals surface area contributed by atoms with Crippen molar-refractivity contribution >= 4 is 11.8 Å². The molecular formula is C15H24N2O2. The van der Waals surface area contributed by atoms with E-state index in [0.29, 0.717) is 11.8 Å². The van der Waals surface area contributed by atoms with Crippen LogP contribution in [0.1, 0.15) is 52.9 Å². The Morgan fingerprint density at radius 3 is 2.42 bits per heavy atom. The first-order valence-electron chi connectivity index (χ1n) is 7.63. The molecule has 106 valence electrons. The molecule has 2 saturated carbocycles. The van der Waals surface area contributed by atoms with Gasteiger partial charge in [0.15, 0.2) is 0 Å². The summed E-state index contributed by atoms with van der Waals surface area (Å²) in [7, 11) is 0. The monoisotopic (exact) mass is 264 g/mol. The quantitative estimate of drug-likeness (QED) is 0.840. The Bertz CT molecular complexity index is 414. The molecule has 3 atom stereocenters. The molecule has 3 fully saturated rings. The standard InChI is InChI=1S/C15H24N2O2/c1-4-9(2)17-12(10-5-6-10)13(18)16-15(3,14(17)19)11-7-8-11/h9-12H,4-8H2,1-3H3,(H,16,18). The first-order chi connectivity index (χ1) is 8.99. The number of amides is 2. The minimum atomic E-state index is -0.647. The molecule has 4 nitrogen and oxygen atoms in total. The summed E-state index contributed by atoms with van der Waals surface area (Å²) in [5, 5.41) is 3.05. The van der Waals surface area contributed by atoms with E-state index in [1.165, 1.54) is 0 Å². The van der Waals surface area contributed by atoms with Crippen LogP contribution >= 0.6 is 0 Å². The molecule has 2 aliphatic carbocycles. The lowest BCUT2D eigenvalue weighted by Crippen LogP contribution is -2.72. The van der Waals surface area contributed by atoms with E-state index in [4.69, 9.17) is 0 Å². The van der Waals surface area contributed by atoms with Gasteiger partial charge in [-0.2, -0.15) is 0 Å². The van der Waals surface area contributed by atoms with Crippen molar-refractivity contribution in [3.8, 4) is 0 Å². The van der Waals surface area contributed by atoms with Crippen molar-refractivity contribution < 1.29 is 9.59 Å². The lowest BCUT2D eigenvalue weighted by atomic mass is 9.87. The number of nitrogens with one attached hydrogen (secondary N) is 1. The summed E-state index contributed by atoms with van der Waals surface area (Å²) in [5.41, 5.74) is -0.647. The molecule has 3 aliphatic rings. The van der Waals surface area contributed by atoms with Crippen molar-refractivity contribution in [3.63, 3.8) is 0 Å². The zero-order valence-corrected chi connectivity index (χ0v) is 12.1. The van der Waals surface area contributed by atoms with Crippen molar-refractivity contribution in [2.24, 2.45) is 11.8 Å². The van der Waals surface area contributed by atoms with Crippen LogP contribution in [0.2, 0.25) is 0 Å². The molecule has 0 radical (unpaired) electrons. The number of piperazine rings is 1. The van der Waals surface area contributed by atoms with Gasteiger partial charge in [-0.3, -0.25) is 9.59 Å². The summed E-state index contributed by atoms with van der Waals surface area (Å²) in [6, 6.07) is -0.0588. The molecule has 4 heteroatoms. The Labute approximate surface area is 114 Å². The second-order valence-corrected chi connectivity index (χ2v) is 6.72.